The van der Waals surface area contributed by atoms with Crippen LogP contribution < -0.4 is 5.73 Å². The lowest BCUT2D eigenvalue weighted by Gasteiger charge is -2.47. The van der Waals surface area contributed by atoms with Crippen LogP contribution in [0.25, 0.3) is 0 Å². The molecule has 0 bridgehead atoms. The highest BCUT2D eigenvalue weighted by atomic mass is 32.2. The molecule has 2 aromatic carbocycles. The molecule has 3 aliphatic rings. The number of benzene rings is 2. The van der Waals surface area contributed by atoms with Crippen molar-refractivity contribution in [3.8, 4) is 0 Å². The Hall–Kier alpha value is -4.01. The largest absolute Gasteiger partial charge is 0.458 e. The van der Waals surface area contributed by atoms with Crippen molar-refractivity contribution in [1.82, 2.24) is 14.8 Å². The second kappa shape index (κ2) is 9.70. The first-order valence-electron chi connectivity index (χ1n) is 11.6. The molecule has 2 N–H and O–H groups in total. The Bertz CT molecular complexity index is 1310. The van der Waals surface area contributed by atoms with Crippen LogP contribution >= 0.6 is 11.8 Å². The molecule has 0 saturated carbocycles. The van der Waals surface area contributed by atoms with Crippen molar-refractivity contribution in [2.75, 3.05) is 26.7 Å². The molecular formula is C24H24N6O7S. The second-order valence-corrected chi connectivity index (χ2v) is 10.3. The number of nitro benzene ring substituents is 1. The van der Waals surface area contributed by atoms with Gasteiger partial charge in [-0.05, 0) is 23.3 Å². The quantitative estimate of drug-likeness (QED) is 0.130. The Balaban J connectivity index is 1.38. The van der Waals surface area contributed by atoms with Gasteiger partial charge in [0, 0.05) is 25.8 Å². The molecule has 3 amide bonds. The molecule has 0 radical (unpaired) electrons. The summed E-state index contributed by atoms with van der Waals surface area (Å²) in [4.78, 5) is 51.3. The van der Waals surface area contributed by atoms with Crippen LogP contribution in [0.4, 0.5) is 10.5 Å². The number of β-lactam (4-membered cyclic amide) rings is 1. The standard InChI is InChI=1S/C24H24N6O7S/c1-36-24(25)19(31)27-15-23(38-20(24)27,21(32)37-14-17-7-9-18(10-8-17)30(34)35)28-11-12-29(22(28)33)26-13-16-5-3-2-4-6-16/h2-10,13,20H,11-12,14-15,25H2,1H3/t20-,23-,24?/m1/s1. The van der Waals surface area contributed by atoms with E-state index in [1.54, 1.807) is 6.21 Å². The number of urea groups is 1. The van der Waals surface area contributed by atoms with Crippen LogP contribution in [0.2, 0.25) is 0 Å². The van der Waals surface area contributed by atoms with Crippen LogP contribution in [-0.4, -0.2) is 86.6 Å². The van der Waals surface area contributed by atoms with E-state index in [0.717, 1.165) is 17.3 Å². The van der Waals surface area contributed by atoms with Gasteiger partial charge in [0.1, 0.15) is 12.0 Å². The predicted octanol–water partition coefficient (Wildman–Crippen LogP) is 1.32. The number of carbonyl (C=O) groups excluding carboxylic acids is 3. The third kappa shape index (κ3) is 4.15. The highest BCUT2D eigenvalue weighted by Gasteiger charge is 2.72. The van der Waals surface area contributed by atoms with E-state index in [1.165, 1.54) is 46.2 Å². The summed E-state index contributed by atoms with van der Waals surface area (Å²) in [5, 5.41) is 15.7. The van der Waals surface area contributed by atoms with Gasteiger partial charge < -0.3 is 14.4 Å². The average molecular weight is 541 g/mol. The van der Waals surface area contributed by atoms with Gasteiger partial charge in [-0.1, -0.05) is 42.1 Å². The molecule has 5 rings (SSSR count). The maximum Gasteiger partial charge on any atom is 0.345 e. The number of ether oxygens (including phenoxy) is 2. The number of hydrogen-bond donors (Lipinski definition) is 1. The number of non-ortho nitro benzene ring substituents is 1. The van der Waals surface area contributed by atoms with Crippen molar-refractivity contribution in [1.29, 1.82) is 0 Å². The summed E-state index contributed by atoms with van der Waals surface area (Å²) < 4.78 is 10.9. The summed E-state index contributed by atoms with van der Waals surface area (Å²) in [6.07, 6.45) is 1.55. The van der Waals surface area contributed by atoms with Gasteiger partial charge in [0.25, 0.3) is 11.6 Å². The average Bonchev–Trinajstić information content (AvgIpc) is 3.51. The Labute approximate surface area is 221 Å². The summed E-state index contributed by atoms with van der Waals surface area (Å²) in [6.45, 7) is 0.0545. The van der Waals surface area contributed by atoms with Crippen molar-refractivity contribution in [3.63, 3.8) is 0 Å². The lowest BCUT2D eigenvalue weighted by atomic mass is 10.0. The van der Waals surface area contributed by atoms with Crippen molar-refractivity contribution in [2.45, 2.75) is 22.6 Å². The van der Waals surface area contributed by atoms with Gasteiger partial charge in [0.05, 0.1) is 24.2 Å². The van der Waals surface area contributed by atoms with Gasteiger partial charge >= 0.3 is 12.0 Å². The fraction of sp³-hybridized carbons (Fsp3) is 0.333. The predicted molar refractivity (Wildman–Crippen MR) is 135 cm³/mol. The normalized spacial score (nSPS) is 26.6. The summed E-state index contributed by atoms with van der Waals surface area (Å²) in [5.74, 6) is -1.24. The molecule has 3 saturated heterocycles. The molecule has 3 aliphatic heterocycles. The number of hydrogen-bond acceptors (Lipinski definition) is 10. The van der Waals surface area contributed by atoms with Gasteiger partial charge in [0.2, 0.25) is 10.6 Å². The molecule has 1 unspecified atom stereocenters. The minimum atomic E-state index is -1.63. The first kappa shape index (κ1) is 25.6. The zero-order chi connectivity index (χ0) is 27.1. The van der Waals surface area contributed by atoms with Gasteiger partial charge in [-0.2, -0.15) is 5.10 Å². The fourth-order valence-electron chi connectivity index (χ4n) is 4.54. The van der Waals surface area contributed by atoms with Gasteiger partial charge in [-0.25, -0.2) is 14.6 Å². The first-order chi connectivity index (χ1) is 18.2. The molecule has 13 nitrogen and oxygen atoms in total. The third-order valence-corrected chi connectivity index (χ3v) is 8.41. The number of carbonyl (C=O) groups is 3. The number of hydrazone groups is 1. The van der Waals surface area contributed by atoms with Gasteiger partial charge in [-0.15, -0.1) is 0 Å². The van der Waals surface area contributed by atoms with Crippen LogP contribution in [-0.2, 0) is 25.7 Å². The number of thioether (sulfide) groups is 1. The molecule has 2 aromatic rings. The number of nitro groups is 1. The Kier molecular flexibility index (Phi) is 6.54. The molecule has 0 aliphatic carbocycles. The molecule has 38 heavy (non-hydrogen) atoms. The lowest BCUT2D eigenvalue weighted by Crippen LogP contribution is -2.76. The van der Waals surface area contributed by atoms with Crippen molar-refractivity contribution >= 4 is 41.6 Å². The highest BCUT2D eigenvalue weighted by molar-refractivity contribution is 8.02. The zero-order valence-corrected chi connectivity index (χ0v) is 21.1. The van der Waals surface area contributed by atoms with E-state index in [1.807, 2.05) is 30.3 Å². The molecule has 198 valence electrons. The van der Waals surface area contributed by atoms with Crippen LogP contribution in [0.3, 0.4) is 0 Å². The van der Waals surface area contributed by atoms with Crippen molar-refractivity contribution in [3.05, 3.63) is 75.8 Å². The number of fused-ring (bicyclic) bond motifs is 1. The Morgan fingerprint density at radius 1 is 1.21 bits per heavy atom. The molecule has 0 aromatic heterocycles. The summed E-state index contributed by atoms with van der Waals surface area (Å²) in [5.41, 5.74) is 5.75. The summed E-state index contributed by atoms with van der Waals surface area (Å²) in [7, 11) is 1.31. The van der Waals surface area contributed by atoms with E-state index < -0.39 is 38.8 Å². The minimum Gasteiger partial charge on any atom is -0.458 e. The Morgan fingerprint density at radius 2 is 1.92 bits per heavy atom. The summed E-state index contributed by atoms with van der Waals surface area (Å²) in [6, 6.07) is 14.3. The first-order valence-corrected chi connectivity index (χ1v) is 12.5. The number of esters is 1. The monoisotopic (exact) mass is 540 g/mol. The second-order valence-electron chi connectivity index (χ2n) is 8.90. The third-order valence-electron chi connectivity index (χ3n) is 6.68. The van der Waals surface area contributed by atoms with Crippen molar-refractivity contribution < 1.29 is 28.8 Å². The van der Waals surface area contributed by atoms with E-state index >= 15 is 0 Å². The number of rotatable bonds is 8. The fourth-order valence-corrected chi connectivity index (χ4v) is 6.24. The van der Waals surface area contributed by atoms with E-state index in [4.69, 9.17) is 15.2 Å². The number of nitrogens with two attached hydrogens (primary N) is 1. The molecule has 3 fully saturated rings. The SMILES string of the molecule is COC1(N)C(=O)N2C[C@@](C(=O)OCc3ccc([N+](=O)[O-])cc3)(N3CCN(N=Cc4ccccc4)C3=O)S[C@@H]21. The number of nitrogens with zero attached hydrogens (tertiary/aromatic N) is 5. The maximum atomic E-state index is 13.6. The van der Waals surface area contributed by atoms with Gasteiger partial charge in [0.15, 0.2) is 0 Å². The van der Waals surface area contributed by atoms with Crippen LogP contribution in [0, 0.1) is 10.1 Å². The number of amides is 3. The van der Waals surface area contributed by atoms with E-state index in [9.17, 15) is 24.5 Å². The minimum absolute atomic E-state index is 0.0940. The van der Waals surface area contributed by atoms with Crippen LogP contribution in [0.15, 0.2) is 59.7 Å². The summed E-state index contributed by atoms with van der Waals surface area (Å²) >= 11 is 1.03. The van der Waals surface area contributed by atoms with E-state index in [-0.39, 0.29) is 31.9 Å². The molecule has 0 spiro atoms. The zero-order valence-electron chi connectivity index (χ0n) is 20.3. The van der Waals surface area contributed by atoms with E-state index in [0.29, 0.717) is 5.56 Å². The molecule has 14 heteroatoms. The van der Waals surface area contributed by atoms with Gasteiger partial charge in [-0.3, -0.25) is 25.5 Å². The van der Waals surface area contributed by atoms with Crippen LogP contribution in [0.5, 0.6) is 0 Å². The number of methoxy groups -OCH3 is 1. The molecule has 3 atom stereocenters. The van der Waals surface area contributed by atoms with Crippen molar-refractivity contribution in [2.24, 2.45) is 10.8 Å². The smallest absolute Gasteiger partial charge is 0.345 e. The maximum absolute atomic E-state index is 13.6. The molecular weight excluding hydrogens is 516 g/mol. The van der Waals surface area contributed by atoms with Crippen LogP contribution in [0.1, 0.15) is 11.1 Å². The Morgan fingerprint density at radius 3 is 2.58 bits per heavy atom. The lowest BCUT2D eigenvalue weighted by molar-refractivity contribution is -0.384. The topological polar surface area (TPSA) is 161 Å². The molecule has 3 heterocycles. The highest BCUT2D eigenvalue weighted by Crippen LogP contribution is 2.53. The van der Waals surface area contributed by atoms with E-state index in [2.05, 4.69) is 5.10 Å².